The van der Waals surface area contributed by atoms with Crippen LogP contribution >= 0.6 is 0 Å². The van der Waals surface area contributed by atoms with Gasteiger partial charge in [-0.2, -0.15) is 5.26 Å². The lowest BCUT2D eigenvalue weighted by Crippen LogP contribution is -2.53. The predicted octanol–water partition coefficient (Wildman–Crippen LogP) is 3.01. The number of ether oxygens (including phenoxy) is 1. The molecule has 1 fully saturated rings. The first kappa shape index (κ1) is 15.1. The number of nitriles is 1. The normalized spacial score (nSPS) is 23.4. The van der Waals surface area contributed by atoms with Crippen molar-refractivity contribution in [3.05, 3.63) is 71.6 Å². The van der Waals surface area contributed by atoms with E-state index in [9.17, 15) is 0 Å². The Morgan fingerprint density at radius 1 is 1.17 bits per heavy atom. The lowest BCUT2D eigenvalue weighted by Gasteiger charge is -2.44. The largest absolute Gasteiger partial charge is 0.378 e. The highest BCUT2D eigenvalue weighted by molar-refractivity contribution is 5.65. The minimum atomic E-state index is 0.283. The zero-order valence-electron chi connectivity index (χ0n) is 13.4. The summed E-state index contributed by atoms with van der Waals surface area (Å²) in [5, 5.41) is 8.92. The molecule has 2 aliphatic heterocycles. The third-order valence-electron chi connectivity index (χ3n) is 4.77. The molecule has 4 rings (SSSR count). The van der Waals surface area contributed by atoms with Gasteiger partial charge in [0.05, 0.1) is 30.5 Å². The van der Waals surface area contributed by atoms with Crippen LogP contribution in [0.4, 0.5) is 0 Å². The summed E-state index contributed by atoms with van der Waals surface area (Å²) in [6.07, 6.45) is 4.87. The first-order valence-electron chi connectivity index (χ1n) is 8.28. The molecule has 0 radical (unpaired) electrons. The van der Waals surface area contributed by atoms with Crippen LogP contribution in [0.25, 0.3) is 5.57 Å². The van der Waals surface area contributed by atoms with Gasteiger partial charge in [0.25, 0.3) is 0 Å². The van der Waals surface area contributed by atoms with E-state index in [1.54, 1.807) is 6.20 Å². The quantitative estimate of drug-likeness (QED) is 0.873. The van der Waals surface area contributed by atoms with Crippen LogP contribution in [0.5, 0.6) is 0 Å². The van der Waals surface area contributed by atoms with Crippen LogP contribution in [0.1, 0.15) is 23.2 Å². The van der Waals surface area contributed by atoms with Crippen LogP contribution in [0, 0.1) is 11.3 Å². The van der Waals surface area contributed by atoms with E-state index in [0.717, 1.165) is 31.9 Å². The Kier molecular flexibility index (Phi) is 4.12. The van der Waals surface area contributed by atoms with Gasteiger partial charge in [0.2, 0.25) is 0 Å². The van der Waals surface area contributed by atoms with Crippen molar-refractivity contribution < 1.29 is 4.74 Å². The van der Waals surface area contributed by atoms with Crippen LogP contribution in [0.15, 0.2) is 54.7 Å². The molecular formula is C20H19N3O. The first-order valence-corrected chi connectivity index (χ1v) is 8.28. The van der Waals surface area contributed by atoms with Crippen molar-refractivity contribution in [2.24, 2.45) is 0 Å². The van der Waals surface area contributed by atoms with Crippen LogP contribution in [0.2, 0.25) is 0 Å². The number of morpholine rings is 1. The highest BCUT2D eigenvalue weighted by Crippen LogP contribution is 2.32. The molecule has 2 atom stereocenters. The summed E-state index contributed by atoms with van der Waals surface area (Å²) in [5.74, 6) is 0. The molecule has 2 bridgehead atoms. The van der Waals surface area contributed by atoms with Gasteiger partial charge < -0.3 is 4.74 Å². The van der Waals surface area contributed by atoms with E-state index in [1.165, 1.54) is 11.1 Å². The van der Waals surface area contributed by atoms with Crippen molar-refractivity contribution in [2.45, 2.75) is 25.0 Å². The Morgan fingerprint density at radius 2 is 2.04 bits per heavy atom. The van der Waals surface area contributed by atoms with Gasteiger partial charge >= 0.3 is 0 Å². The minimum Gasteiger partial charge on any atom is -0.378 e. The summed E-state index contributed by atoms with van der Waals surface area (Å²) in [6.45, 7) is 2.43. The standard InChI is InChI=1S/C20H19N3O/c21-10-16-6-7-20(22-11-16)17-8-18-13-24-14-19(9-17)23(18)12-15-4-2-1-3-5-15/h1-8,11,18-19H,9,12-14H2. The average molecular weight is 317 g/mol. The summed E-state index contributed by atoms with van der Waals surface area (Å²) in [4.78, 5) is 6.99. The maximum absolute atomic E-state index is 8.92. The number of aromatic nitrogens is 1. The predicted molar refractivity (Wildman–Crippen MR) is 91.9 cm³/mol. The molecule has 2 unspecified atom stereocenters. The van der Waals surface area contributed by atoms with Crippen molar-refractivity contribution >= 4 is 5.57 Å². The molecule has 1 aromatic heterocycles. The van der Waals surface area contributed by atoms with Crippen molar-refractivity contribution in [3.8, 4) is 6.07 Å². The van der Waals surface area contributed by atoms with E-state index < -0.39 is 0 Å². The SMILES string of the molecule is N#Cc1ccc(C2=CC3COCC(C2)N3Cc2ccccc2)nc1. The molecule has 0 N–H and O–H groups in total. The fourth-order valence-electron chi connectivity index (χ4n) is 3.54. The molecule has 0 saturated carbocycles. The molecule has 0 spiro atoms. The Labute approximate surface area is 142 Å². The van der Waals surface area contributed by atoms with Crippen molar-refractivity contribution in [1.29, 1.82) is 5.26 Å². The summed E-state index contributed by atoms with van der Waals surface area (Å²) in [7, 11) is 0. The van der Waals surface area contributed by atoms with Crippen LogP contribution < -0.4 is 0 Å². The molecule has 1 saturated heterocycles. The number of hydrogen-bond acceptors (Lipinski definition) is 4. The maximum Gasteiger partial charge on any atom is 0.101 e. The van der Waals surface area contributed by atoms with Crippen LogP contribution in [-0.4, -0.2) is 35.2 Å². The molecule has 2 aliphatic rings. The molecule has 3 heterocycles. The second kappa shape index (κ2) is 6.56. The van der Waals surface area contributed by atoms with Gasteiger partial charge in [0.15, 0.2) is 0 Å². The molecule has 0 aliphatic carbocycles. The highest BCUT2D eigenvalue weighted by Gasteiger charge is 2.35. The van der Waals surface area contributed by atoms with Gasteiger partial charge in [-0.1, -0.05) is 36.4 Å². The first-order chi connectivity index (χ1) is 11.8. The molecule has 120 valence electrons. The number of benzene rings is 1. The number of hydrogen-bond donors (Lipinski definition) is 0. The Morgan fingerprint density at radius 3 is 2.75 bits per heavy atom. The van der Waals surface area contributed by atoms with E-state index in [-0.39, 0.29) is 6.04 Å². The van der Waals surface area contributed by atoms with E-state index in [4.69, 9.17) is 10.00 Å². The molecule has 24 heavy (non-hydrogen) atoms. The third kappa shape index (κ3) is 2.96. The fraction of sp³-hybridized carbons (Fsp3) is 0.300. The van der Waals surface area contributed by atoms with Crippen LogP contribution in [-0.2, 0) is 11.3 Å². The number of pyridine rings is 1. The number of nitrogens with zero attached hydrogens (tertiary/aromatic N) is 3. The average Bonchev–Trinajstić information content (AvgIpc) is 2.62. The van der Waals surface area contributed by atoms with Crippen LogP contribution in [0.3, 0.4) is 0 Å². The Bertz CT molecular complexity index is 777. The monoisotopic (exact) mass is 317 g/mol. The van der Waals surface area contributed by atoms with Gasteiger partial charge in [0.1, 0.15) is 6.07 Å². The summed E-state index contributed by atoms with van der Waals surface area (Å²) >= 11 is 0. The van der Waals surface area contributed by atoms with E-state index >= 15 is 0 Å². The highest BCUT2D eigenvalue weighted by atomic mass is 16.5. The molecule has 4 heteroatoms. The van der Waals surface area contributed by atoms with E-state index in [1.807, 2.05) is 12.1 Å². The fourth-order valence-corrected chi connectivity index (χ4v) is 3.54. The van der Waals surface area contributed by atoms with Crippen molar-refractivity contribution in [2.75, 3.05) is 13.2 Å². The maximum atomic E-state index is 8.92. The third-order valence-corrected chi connectivity index (χ3v) is 4.77. The second-order valence-electron chi connectivity index (χ2n) is 6.36. The summed E-state index contributed by atoms with van der Waals surface area (Å²) < 4.78 is 5.78. The molecule has 4 nitrogen and oxygen atoms in total. The Hall–Kier alpha value is -2.48. The molecule has 1 aromatic carbocycles. The molecule has 2 aromatic rings. The van der Waals surface area contributed by atoms with Gasteiger partial charge in [-0.15, -0.1) is 0 Å². The Balaban J connectivity index is 1.58. The van der Waals surface area contributed by atoms with E-state index in [0.29, 0.717) is 11.6 Å². The molecule has 0 amide bonds. The zero-order chi connectivity index (χ0) is 16.4. The summed E-state index contributed by atoms with van der Waals surface area (Å²) in [5.41, 5.74) is 4.18. The minimum absolute atomic E-state index is 0.283. The number of fused-ring (bicyclic) bond motifs is 2. The van der Waals surface area contributed by atoms with Crippen molar-refractivity contribution in [3.63, 3.8) is 0 Å². The lowest BCUT2D eigenvalue weighted by atomic mass is 9.91. The second-order valence-corrected chi connectivity index (χ2v) is 6.36. The van der Waals surface area contributed by atoms with E-state index in [2.05, 4.69) is 52.4 Å². The van der Waals surface area contributed by atoms with Gasteiger partial charge in [0, 0.05) is 18.8 Å². The lowest BCUT2D eigenvalue weighted by molar-refractivity contribution is -0.0403. The topological polar surface area (TPSA) is 49.1 Å². The smallest absolute Gasteiger partial charge is 0.101 e. The van der Waals surface area contributed by atoms with Gasteiger partial charge in [-0.05, 0) is 29.7 Å². The van der Waals surface area contributed by atoms with Gasteiger partial charge in [-0.3, -0.25) is 9.88 Å². The molecular weight excluding hydrogens is 298 g/mol. The zero-order valence-corrected chi connectivity index (χ0v) is 13.4. The number of rotatable bonds is 3. The van der Waals surface area contributed by atoms with Crippen molar-refractivity contribution in [1.82, 2.24) is 9.88 Å². The summed E-state index contributed by atoms with van der Waals surface area (Å²) in [6, 6.07) is 17.2. The van der Waals surface area contributed by atoms with Gasteiger partial charge in [-0.25, -0.2) is 0 Å².